The van der Waals surface area contributed by atoms with Crippen LogP contribution in [0.15, 0.2) is 24.3 Å². The average Bonchev–Trinajstić information content (AvgIpc) is 2.59. The minimum Gasteiger partial charge on any atom is -0.372 e. The third kappa shape index (κ3) is 3.27. The quantitative estimate of drug-likeness (QED) is 0.850. The van der Waals surface area contributed by atoms with Crippen LogP contribution < -0.4 is 5.32 Å². The number of aldehydes is 1. The molecule has 0 spiro atoms. The lowest BCUT2D eigenvalue weighted by atomic mass is 10.0. The first-order valence-electron chi connectivity index (χ1n) is 8.04. The van der Waals surface area contributed by atoms with Gasteiger partial charge in [0.15, 0.2) is 0 Å². The van der Waals surface area contributed by atoms with E-state index in [9.17, 15) is 14.4 Å². The van der Waals surface area contributed by atoms with Crippen molar-refractivity contribution in [1.82, 2.24) is 9.80 Å². The molecule has 122 valence electrons. The highest BCUT2D eigenvalue weighted by Crippen LogP contribution is 2.26. The van der Waals surface area contributed by atoms with Crippen LogP contribution in [0.4, 0.5) is 5.69 Å². The van der Waals surface area contributed by atoms with Gasteiger partial charge in [0.1, 0.15) is 6.29 Å². The van der Waals surface area contributed by atoms with Gasteiger partial charge < -0.3 is 10.1 Å². The summed E-state index contributed by atoms with van der Waals surface area (Å²) in [5.74, 6) is -0.370. The summed E-state index contributed by atoms with van der Waals surface area (Å²) in [5.41, 5.74) is 2.27. The molecule has 0 radical (unpaired) electrons. The van der Waals surface area contributed by atoms with E-state index in [1.54, 1.807) is 0 Å². The second-order valence-electron chi connectivity index (χ2n) is 5.99. The minimum atomic E-state index is -0.273. The molecule has 2 aliphatic rings. The minimum absolute atomic E-state index is 0.114. The van der Waals surface area contributed by atoms with Crippen molar-refractivity contribution < 1.29 is 14.4 Å². The molecule has 6 nitrogen and oxygen atoms in total. The van der Waals surface area contributed by atoms with E-state index in [1.165, 1.54) is 4.90 Å². The summed E-state index contributed by atoms with van der Waals surface area (Å²) in [7, 11) is 0. The van der Waals surface area contributed by atoms with Crippen LogP contribution in [0.5, 0.6) is 0 Å². The standard InChI is InChI=1S/C17H21N3O3/c21-10-4-8-16(22)20-9-3-7-15(17(20)23)19-11-13-5-1-2-6-14(13)18-12-19/h1-2,5-6,10,15,18H,3-4,7-9,11-12H2. The Hall–Kier alpha value is -2.21. The topological polar surface area (TPSA) is 69.7 Å². The van der Waals surface area contributed by atoms with E-state index in [-0.39, 0.29) is 30.7 Å². The van der Waals surface area contributed by atoms with E-state index in [0.29, 0.717) is 19.8 Å². The highest BCUT2D eigenvalue weighted by molar-refractivity contribution is 5.98. The molecule has 2 aliphatic heterocycles. The number of anilines is 1. The van der Waals surface area contributed by atoms with Crippen LogP contribution in [-0.2, 0) is 20.9 Å². The summed E-state index contributed by atoms with van der Waals surface area (Å²) in [6.45, 7) is 1.77. The van der Waals surface area contributed by atoms with Gasteiger partial charge in [0.25, 0.3) is 0 Å². The monoisotopic (exact) mass is 315 g/mol. The van der Waals surface area contributed by atoms with Gasteiger partial charge >= 0.3 is 0 Å². The van der Waals surface area contributed by atoms with E-state index in [1.807, 2.05) is 18.2 Å². The number of hydrogen-bond acceptors (Lipinski definition) is 5. The molecule has 0 aliphatic carbocycles. The number of carbonyl (C=O) groups excluding carboxylic acids is 3. The molecule has 0 aromatic heterocycles. The first-order chi connectivity index (χ1) is 11.2. The van der Waals surface area contributed by atoms with Crippen molar-refractivity contribution >= 4 is 23.8 Å². The number of para-hydroxylation sites is 1. The maximum atomic E-state index is 12.7. The molecule has 6 heteroatoms. The first kappa shape index (κ1) is 15.7. The van der Waals surface area contributed by atoms with E-state index >= 15 is 0 Å². The van der Waals surface area contributed by atoms with E-state index in [2.05, 4.69) is 16.3 Å². The number of piperidine rings is 1. The normalized spacial score (nSPS) is 21.5. The summed E-state index contributed by atoms with van der Waals surface area (Å²) >= 11 is 0. The molecule has 1 N–H and O–H groups in total. The maximum Gasteiger partial charge on any atom is 0.246 e. The average molecular weight is 315 g/mol. The van der Waals surface area contributed by atoms with Crippen LogP contribution in [0, 0.1) is 0 Å². The van der Waals surface area contributed by atoms with Crippen LogP contribution in [0.25, 0.3) is 0 Å². The zero-order valence-electron chi connectivity index (χ0n) is 13.0. The van der Waals surface area contributed by atoms with E-state index in [4.69, 9.17) is 0 Å². The van der Waals surface area contributed by atoms with Crippen molar-refractivity contribution in [2.24, 2.45) is 0 Å². The van der Waals surface area contributed by atoms with Gasteiger partial charge in [0.05, 0.1) is 12.7 Å². The van der Waals surface area contributed by atoms with Gasteiger partial charge in [-0.25, -0.2) is 0 Å². The summed E-state index contributed by atoms with van der Waals surface area (Å²) in [6, 6.07) is 7.78. The Morgan fingerprint density at radius 1 is 1.35 bits per heavy atom. The van der Waals surface area contributed by atoms with Crippen LogP contribution in [0.3, 0.4) is 0 Å². The van der Waals surface area contributed by atoms with Gasteiger partial charge in [-0.1, -0.05) is 18.2 Å². The molecule has 0 bridgehead atoms. The lowest BCUT2D eigenvalue weighted by Gasteiger charge is -2.40. The van der Waals surface area contributed by atoms with Crippen molar-refractivity contribution in [1.29, 1.82) is 0 Å². The Morgan fingerprint density at radius 2 is 2.17 bits per heavy atom. The number of fused-ring (bicyclic) bond motifs is 1. The molecule has 0 saturated carbocycles. The summed E-state index contributed by atoms with van der Waals surface area (Å²) < 4.78 is 0. The largest absolute Gasteiger partial charge is 0.372 e. The number of hydrogen-bond donors (Lipinski definition) is 1. The molecular weight excluding hydrogens is 294 g/mol. The Morgan fingerprint density at radius 3 is 3.00 bits per heavy atom. The number of benzene rings is 1. The second kappa shape index (κ2) is 6.91. The van der Waals surface area contributed by atoms with Gasteiger partial charge in [-0.3, -0.25) is 19.4 Å². The zero-order valence-corrected chi connectivity index (χ0v) is 13.0. The molecule has 3 rings (SSSR count). The van der Waals surface area contributed by atoms with Gasteiger partial charge in [0.2, 0.25) is 11.8 Å². The summed E-state index contributed by atoms with van der Waals surface area (Å²) in [6.07, 6.45) is 2.58. The third-order valence-electron chi connectivity index (χ3n) is 4.49. The van der Waals surface area contributed by atoms with E-state index < -0.39 is 0 Å². The summed E-state index contributed by atoms with van der Waals surface area (Å²) in [4.78, 5) is 38.6. The van der Waals surface area contributed by atoms with Crippen molar-refractivity contribution in [3.8, 4) is 0 Å². The number of carbonyl (C=O) groups is 3. The number of amides is 2. The molecule has 1 aromatic carbocycles. The van der Waals surface area contributed by atoms with Crippen LogP contribution >= 0.6 is 0 Å². The van der Waals surface area contributed by atoms with Crippen LogP contribution in [0.2, 0.25) is 0 Å². The Balaban J connectivity index is 1.69. The SMILES string of the molecule is O=CCCC(=O)N1CCCC(N2CNc3ccccc3C2)C1=O. The molecule has 2 heterocycles. The van der Waals surface area contributed by atoms with Crippen molar-refractivity contribution in [3.63, 3.8) is 0 Å². The zero-order chi connectivity index (χ0) is 16.2. The molecule has 1 unspecified atom stereocenters. The summed E-state index contributed by atoms with van der Waals surface area (Å²) in [5, 5.41) is 3.33. The maximum absolute atomic E-state index is 12.7. The molecule has 1 saturated heterocycles. The highest BCUT2D eigenvalue weighted by Gasteiger charge is 2.36. The fraction of sp³-hybridized carbons (Fsp3) is 0.471. The molecule has 23 heavy (non-hydrogen) atoms. The Labute approximate surface area is 135 Å². The predicted molar refractivity (Wildman–Crippen MR) is 85.5 cm³/mol. The lowest BCUT2D eigenvalue weighted by Crippen LogP contribution is -2.55. The Kier molecular flexibility index (Phi) is 4.71. The predicted octanol–water partition coefficient (Wildman–Crippen LogP) is 1.37. The molecule has 1 atom stereocenters. The molecular formula is C17H21N3O3. The molecule has 1 aromatic rings. The smallest absolute Gasteiger partial charge is 0.246 e. The first-order valence-corrected chi connectivity index (χ1v) is 8.04. The number of rotatable bonds is 4. The number of nitrogens with one attached hydrogen (secondary N) is 1. The highest BCUT2D eigenvalue weighted by atomic mass is 16.2. The van der Waals surface area contributed by atoms with Gasteiger partial charge in [0, 0.05) is 31.6 Å². The van der Waals surface area contributed by atoms with Gasteiger partial charge in [-0.05, 0) is 24.5 Å². The van der Waals surface area contributed by atoms with Gasteiger partial charge in [-0.2, -0.15) is 0 Å². The van der Waals surface area contributed by atoms with Crippen molar-refractivity contribution in [3.05, 3.63) is 29.8 Å². The second-order valence-corrected chi connectivity index (χ2v) is 5.99. The van der Waals surface area contributed by atoms with Crippen molar-refractivity contribution in [2.45, 2.75) is 38.3 Å². The number of imide groups is 1. The van der Waals surface area contributed by atoms with Gasteiger partial charge in [-0.15, -0.1) is 0 Å². The molecule has 1 fully saturated rings. The number of likely N-dealkylation sites (tertiary alicyclic amines) is 1. The van der Waals surface area contributed by atoms with Crippen LogP contribution in [-0.4, -0.2) is 47.2 Å². The lowest BCUT2D eigenvalue weighted by molar-refractivity contribution is -0.151. The fourth-order valence-corrected chi connectivity index (χ4v) is 3.27. The molecule has 2 amide bonds. The number of nitrogens with zero attached hydrogens (tertiary/aromatic N) is 2. The van der Waals surface area contributed by atoms with E-state index in [0.717, 1.165) is 30.4 Å². The fourth-order valence-electron chi connectivity index (χ4n) is 3.27. The van der Waals surface area contributed by atoms with Crippen LogP contribution in [0.1, 0.15) is 31.2 Å². The van der Waals surface area contributed by atoms with Crippen molar-refractivity contribution in [2.75, 3.05) is 18.5 Å². The Bertz CT molecular complexity index is 617. The third-order valence-corrected chi connectivity index (χ3v) is 4.49.